The summed E-state index contributed by atoms with van der Waals surface area (Å²) in [4.78, 5) is 36.7. The zero-order valence-electron chi connectivity index (χ0n) is 13.4. The van der Waals surface area contributed by atoms with Crippen LogP contribution < -0.4 is 5.32 Å². The van der Waals surface area contributed by atoms with Crippen molar-refractivity contribution in [3.8, 4) is 0 Å². The van der Waals surface area contributed by atoms with Crippen molar-refractivity contribution in [3.05, 3.63) is 35.4 Å². The van der Waals surface area contributed by atoms with E-state index in [1.807, 2.05) is 6.07 Å². The number of benzene rings is 1. The molecular formula is C17H22N2O4. The van der Waals surface area contributed by atoms with Gasteiger partial charge in [-0.15, -0.1) is 0 Å². The van der Waals surface area contributed by atoms with Crippen molar-refractivity contribution in [2.24, 2.45) is 0 Å². The first-order valence-electron chi connectivity index (χ1n) is 7.79. The van der Waals surface area contributed by atoms with Crippen LogP contribution in [0.25, 0.3) is 0 Å². The summed E-state index contributed by atoms with van der Waals surface area (Å²) >= 11 is 0. The molecule has 1 saturated carbocycles. The Morgan fingerprint density at radius 2 is 2.04 bits per heavy atom. The third-order valence-corrected chi connectivity index (χ3v) is 4.05. The van der Waals surface area contributed by atoms with Gasteiger partial charge in [-0.1, -0.05) is 12.1 Å². The van der Waals surface area contributed by atoms with Gasteiger partial charge in [-0.05, 0) is 43.9 Å². The van der Waals surface area contributed by atoms with E-state index in [9.17, 15) is 14.4 Å². The van der Waals surface area contributed by atoms with Crippen LogP contribution in [0, 0.1) is 0 Å². The molecule has 0 heterocycles. The Morgan fingerprint density at radius 3 is 2.61 bits per heavy atom. The maximum atomic E-state index is 12.4. The number of rotatable bonds is 7. The Labute approximate surface area is 135 Å². The van der Waals surface area contributed by atoms with Gasteiger partial charge < -0.3 is 15.3 Å². The average Bonchev–Trinajstić information content (AvgIpc) is 3.37. The lowest BCUT2D eigenvalue weighted by atomic mass is 10.0. The predicted molar refractivity (Wildman–Crippen MR) is 85.1 cm³/mol. The van der Waals surface area contributed by atoms with E-state index < -0.39 is 12.0 Å². The fourth-order valence-electron chi connectivity index (χ4n) is 2.60. The van der Waals surface area contributed by atoms with Gasteiger partial charge >= 0.3 is 5.97 Å². The van der Waals surface area contributed by atoms with E-state index >= 15 is 0 Å². The van der Waals surface area contributed by atoms with Gasteiger partial charge in [0, 0.05) is 25.1 Å². The molecule has 0 aliphatic heterocycles. The van der Waals surface area contributed by atoms with E-state index in [4.69, 9.17) is 5.11 Å². The van der Waals surface area contributed by atoms with Gasteiger partial charge in [0.15, 0.2) is 0 Å². The number of hydrogen-bond acceptors (Lipinski definition) is 3. The molecule has 1 fully saturated rings. The SMILES string of the molecule is CNC(=O)c1cccc(CCC(=O)N(C2CC2)C(C)C(=O)O)c1. The molecule has 0 saturated heterocycles. The van der Waals surface area contributed by atoms with Crippen LogP contribution in [-0.2, 0) is 16.0 Å². The van der Waals surface area contributed by atoms with Crippen molar-refractivity contribution >= 4 is 17.8 Å². The lowest BCUT2D eigenvalue weighted by molar-refractivity contribution is -0.150. The molecule has 2 amide bonds. The number of hydrogen-bond donors (Lipinski definition) is 2. The van der Waals surface area contributed by atoms with Crippen molar-refractivity contribution in [2.75, 3.05) is 7.05 Å². The standard InChI is InChI=1S/C17H22N2O4/c1-11(17(22)23)19(14-7-8-14)15(20)9-6-12-4-3-5-13(10-12)16(21)18-2/h3-5,10-11,14H,6-9H2,1-2H3,(H,18,21)(H,22,23). The van der Waals surface area contributed by atoms with E-state index in [1.165, 1.54) is 4.90 Å². The lowest BCUT2D eigenvalue weighted by Crippen LogP contribution is -2.44. The molecule has 0 radical (unpaired) electrons. The Balaban J connectivity index is 2.00. The van der Waals surface area contributed by atoms with Crippen LogP contribution in [0.15, 0.2) is 24.3 Å². The Hall–Kier alpha value is -2.37. The van der Waals surface area contributed by atoms with Crippen LogP contribution in [0.2, 0.25) is 0 Å². The Bertz CT molecular complexity index is 610. The molecule has 6 heteroatoms. The largest absolute Gasteiger partial charge is 0.480 e. The third kappa shape index (κ3) is 4.31. The minimum atomic E-state index is -0.980. The number of carboxylic acid groups (broad SMARTS) is 1. The number of aryl methyl sites for hydroxylation is 1. The van der Waals surface area contributed by atoms with Crippen molar-refractivity contribution < 1.29 is 19.5 Å². The van der Waals surface area contributed by atoms with Gasteiger partial charge in [0.05, 0.1) is 0 Å². The minimum Gasteiger partial charge on any atom is -0.480 e. The second kappa shape index (κ2) is 7.26. The molecular weight excluding hydrogens is 296 g/mol. The van der Waals surface area contributed by atoms with Gasteiger partial charge in [-0.2, -0.15) is 0 Å². The van der Waals surface area contributed by atoms with Crippen LogP contribution in [0.5, 0.6) is 0 Å². The van der Waals surface area contributed by atoms with Crippen LogP contribution in [-0.4, -0.2) is 46.9 Å². The molecule has 1 unspecified atom stereocenters. The normalized spacial score (nSPS) is 14.9. The monoisotopic (exact) mass is 318 g/mol. The van der Waals surface area contributed by atoms with E-state index in [1.54, 1.807) is 32.2 Å². The number of amides is 2. The molecule has 23 heavy (non-hydrogen) atoms. The molecule has 2 rings (SSSR count). The summed E-state index contributed by atoms with van der Waals surface area (Å²) in [6.45, 7) is 1.55. The van der Waals surface area contributed by atoms with E-state index in [0.29, 0.717) is 12.0 Å². The van der Waals surface area contributed by atoms with E-state index in [-0.39, 0.29) is 24.3 Å². The molecule has 1 aliphatic rings. The smallest absolute Gasteiger partial charge is 0.326 e. The molecule has 0 bridgehead atoms. The first-order chi connectivity index (χ1) is 10.9. The number of carbonyl (C=O) groups excluding carboxylic acids is 2. The topological polar surface area (TPSA) is 86.7 Å². The molecule has 0 spiro atoms. The van der Waals surface area contributed by atoms with Gasteiger partial charge in [-0.3, -0.25) is 9.59 Å². The van der Waals surface area contributed by atoms with E-state index in [0.717, 1.165) is 18.4 Å². The highest BCUT2D eigenvalue weighted by molar-refractivity contribution is 5.94. The van der Waals surface area contributed by atoms with Crippen molar-refractivity contribution in [2.45, 2.75) is 44.7 Å². The summed E-state index contributed by atoms with van der Waals surface area (Å²) in [5, 5.41) is 11.7. The first-order valence-corrected chi connectivity index (χ1v) is 7.79. The van der Waals surface area contributed by atoms with Crippen LogP contribution >= 0.6 is 0 Å². The van der Waals surface area contributed by atoms with Gasteiger partial charge in [0.2, 0.25) is 5.91 Å². The highest BCUT2D eigenvalue weighted by atomic mass is 16.4. The fourth-order valence-corrected chi connectivity index (χ4v) is 2.60. The second-order valence-electron chi connectivity index (χ2n) is 5.83. The fraction of sp³-hybridized carbons (Fsp3) is 0.471. The number of carbonyl (C=O) groups is 3. The summed E-state index contributed by atoms with van der Waals surface area (Å²) in [5.41, 5.74) is 1.44. The molecule has 1 aromatic rings. The zero-order valence-corrected chi connectivity index (χ0v) is 13.4. The third-order valence-electron chi connectivity index (χ3n) is 4.05. The maximum absolute atomic E-state index is 12.4. The number of aliphatic carboxylic acids is 1. The van der Waals surface area contributed by atoms with Gasteiger partial charge in [-0.25, -0.2) is 4.79 Å². The molecule has 6 nitrogen and oxygen atoms in total. The molecule has 124 valence electrons. The Morgan fingerprint density at radius 1 is 1.35 bits per heavy atom. The summed E-state index contributed by atoms with van der Waals surface area (Å²) in [6, 6.07) is 6.38. The van der Waals surface area contributed by atoms with Crippen LogP contribution in [0.4, 0.5) is 0 Å². The molecule has 1 atom stereocenters. The van der Waals surface area contributed by atoms with Crippen molar-refractivity contribution in [1.29, 1.82) is 0 Å². The predicted octanol–water partition coefficient (Wildman–Crippen LogP) is 1.44. The maximum Gasteiger partial charge on any atom is 0.326 e. The highest BCUT2D eigenvalue weighted by Gasteiger charge is 2.37. The highest BCUT2D eigenvalue weighted by Crippen LogP contribution is 2.29. The van der Waals surface area contributed by atoms with E-state index in [2.05, 4.69) is 5.32 Å². The van der Waals surface area contributed by atoms with Crippen LogP contribution in [0.3, 0.4) is 0 Å². The zero-order chi connectivity index (χ0) is 17.0. The average molecular weight is 318 g/mol. The number of nitrogens with one attached hydrogen (secondary N) is 1. The van der Waals surface area contributed by atoms with Crippen molar-refractivity contribution in [1.82, 2.24) is 10.2 Å². The molecule has 1 aromatic carbocycles. The van der Waals surface area contributed by atoms with Gasteiger partial charge in [0.25, 0.3) is 5.91 Å². The first kappa shape index (κ1) is 17.0. The number of nitrogens with zero attached hydrogens (tertiary/aromatic N) is 1. The lowest BCUT2D eigenvalue weighted by Gasteiger charge is -2.26. The van der Waals surface area contributed by atoms with Crippen molar-refractivity contribution in [3.63, 3.8) is 0 Å². The molecule has 2 N–H and O–H groups in total. The molecule has 0 aromatic heterocycles. The quantitative estimate of drug-likeness (QED) is 0.796. The summed E-state index contributed by atoms with van der Waals surface area (Å²) in [7, 11) is 1.57. The van der Waals surface area contributed by atoms with Crippen LogP contribution in [0.1, 0.15) is 42.1 Å². The number of carboxylic acids is 1. The van der Waals surface area contributed by atoms with Gasteiger partial charge in [0.1, 0.15) is 6.04 Å². The summed E-state index contributed by atoms with van der Waals surface area (Å²) < 4.78 is 0. The summed E-state index contributed by atoms with van der Waals surface area (Å²) in [5.74, 6) is -1.29. The molecule has 1 aliphatic carbocycles. The second-order valence-corrected chi connectivity index (χ2v) is 5.83. The Kier molecular flexibility index (Phi) is 5.36. The summed E-state index contributed by atoms with van der Waals surface area (Å²) in [6.07, 6.45) is 2.47. The minimum absolute atomic E-state index is 0.0609.